The molecule has 0 radical (unpaired) electrons. The van der Waals surface area contributed by atoms with Crippen LogP contribution in [0.25, 0.3) is 0 Å². The largest absolute Gasteiger partial charge is 0.381 e. The van der Waals surface area contributed by atoms with E-state index in [4.69, 9.17) is 4.74 Å². The molecule has 1 unspecified atom stereocenters. The highest BCUT2D eigenvalue weighted by molar-refractivity contribution is 8.00. The zero-order valence-corrected chi connectivity index (χ0v) is 15.2. The van der Waals surface area contributed by atoms with Gasteiger partial charge < -0.3 is 15.0 Å². The van der Waals surface area contributed by atoms with Crippen molar-refractivity contribution in [3.8, 4) is 0 Å². The lowest BCUT2D eigenvalue weighted by molar-refractivity contribution is -0.00663. The third-order valence-corrected chi connectivity index (χ3v) is 6.16. The summed E-state index contributed by atoms with van der Waals surface area (Å²) < 4.78 is 5.64. The number of hydrogen-bond donors (Lipinski definition) is 1. The molecule has 2 heterocycles. The van der Waals surface area contributed by atoms with E-state index in [1.165, 1.54) is 44.6 Å². The first-order valence-corrected chi connectivity index (χ1v) is 9.64. The quantitative estimate of drug-likeness (QED) is 0.843. The van der Waals surface area contributed by atoms with Gasteiger partial charge >= 0.3 is 0 Å². The number of ether oxygens (including phenoxy) is 1. The first-order valence-electron chi connectivity index (χ1n) is 8.59. The van der Waals surface area contributed by atoms with E-state index >= 15 is 0 Å². The standard InChI is InChI=1S/C17H34N2OS/c1-5-15-12-19(8-11-21-15)14-17(6-9-20-10-7-17)13-18-16(2,3)4/h15,18H,5-14H2,1-4H3. The topological polar surface area (TPSA) is 24.5 Å². The Kier molecular flexibility index (Phi) is 6.42. The Hall–Kier alpha value is 0.230. The average Bonchev–Trinajstić information content (AvgIpc) is 2.46. The van der Waals surface area contributed by atoms with Gasteiger partial charge in [-0.25, -0.2) is 0 Å². The molecule has 2 aliphatic heterocycles. The van der Waals surface area contributed by atoms with Crippen molar-refractivity contribution >= 4 is 11.8 Å². The monoisotopic (exact) mass is 314 g/mol. The van der Waals surface area contributed by atoms with Crippen molar-refractivity contribution in [1.82, 2.24) is 10.2 Å². The summed E-state index contributed by atoms with van der Waals surface area (Å²) in [5.41, 5.74) is 0.612. The molecule has 124 valence electrons. The number of nitrogens with one attached hydrogen (secondary N) is 1. The minimum atomic E-state index is 0.203. The highest BCUT2D eigenvalue weighted by Crippen LogP contribution is 2.33. The summed E-state index contributed by atoms with van der Waals surface area (Å²) in [6, 6.07) is 0. The summed E-state index contributed by atoms with van der Waals surface area (Å²) in [4.78, 5) is 2.72. The van der Waals surface area contributed by atoms with Gasteiger partial charge in [-0.05, 0) is 45.4 Å². The zero-order chi connectivity index (χ0) is 15.3. The lowest BCUT2D eigenvalue weighted by atomic mass is 9.79. The number of hydrogen-bond acceptors (Lipinski definition) is 4. The summed E-state index contributed by atoms with van der Waals surface area (Å²) >= 11 is 2.16. The van der Waals surface area contributed by atoms with E-state index in [1.807, 2.05) is 0 Å². The summed E-state index contributed by atoms with van der Waals surface area (Å²) in [6.07, 6.45) is 3.71. The van der Waals surface area contributed by atoms with Crippen molar-refractivity contribution in [3.05, 3.63) is 0 Å². The van der Waals surface area contributed by atoms with Crippen LogP contribution in [0.5, 0.6) is 0 Å². The fraction of sp³-hybridized carbons (Fsp3) is 1.00. The summed E-state index contributed by atoms with van der Waals surface area (Å²) in [6.45, 7) is 15.9. The van der Waals surface area contributed by atoms with Crippen LogP contribution in [0.3, 0.4) is 0 Å². The SMILES string of the molecule is CCC1CN(CC2(CNC(C)(C)C)CCOCC2)CCS1. The van der Waals surface area contributed by atoms with Crippen LogP contribution in [0.4, 0.5) is 0 Å². The van der Waals surface area contributed by atoms with E-state index < -0.39 is 0 Å². The Morgan fingerprint density at radius 3 is 2.62 bits per heavy atom. The Labute approximate surface area is 135 Å². The Morgan fingerprint density at radius 2 is 2.00 bits per heavy atom. The molecule has 1 atom stereocenters. The van der Waals surface area contributed by atoms with Crippen LogP contribution in [-0.2, 0) is 4.74 Å². The van der Waals surface area contributed by atoms with E-state index in [0.29, 0.717) is 5.41 Å². The predicted molar refractivity (Wildman–Crippen MR) is 93.2 cm³/mol. The van der Waals surface area contributed by atoms with Gasteiger partial charge in [0.1, 0.15) is 0 Å². The van der Waals surface area contributed by atoms with Gasteiger partial charge in [-0.1, -0.05) is 6.92 Å². The van der Waals surface area contributed by atoms with Crippen LogP contribution < -0.4 is 5.32 Å². The molecule has 0 amide bonds. The third kappa shape index (κ3) is 5.74. The van der Waals surface area contributed by atoms with E-state index in [1.54, 1.807) is 0 Å². The first-order chi connectivity index (χ1) is 9.92. The van der Waals surface area contributed by atoms with E-state index in [0.717, 1.165) is 25.0 Å². The lowest BCUT2D eigenvalue weighted by Crippen LogP contribution is -2.53. The second-order valence-corrected chi connectivity index (χ2v) is 9.26. The van der Waals surface area contributed by atoms with E-state index in [2.05, 4.69) is 49.7 Å². The van der Waals surface area contributed by atoms with Crippen molar-refractivity contribution in [2.45, 2.75) is 57.7 Å². The van der Waals surface area contributed by atoms with E-state index in [-0.39, 0.29) is 5.54 Å². The van der Waals surface area contributed by atoms with Crippen molar-refractivity contribution in [2.75, 3.05) is 45.1 Å². The normalized spacial score (nSPS) is 27.7. The van der Waals surface area contributed by atoms with Gasteiger partial charge in [-0.3, -0.25) is 0 Å². The maximum Gasteiger partial charge on any atom is 0.0472 e. The van der Waals surface area contributed by atoms with Crippen molar-refractivity contribution in [1.29, 1.82) is 0 Å². The Balaban J connectivity index is 1.95. The van der Waals surface area contributed by atoms with E-state index in [9.17, 15) is 0 Å². The average molecular weight is 315 g/mol. The summed E-state index contributed by atoms with van der Waals surface area (Å²) in [5, 5.41) is 4.60. The number of thioether (sulfide) groups is 1. The van der Waals surface area contributed by atoms with Crippen LogP contribution in [0.2, 0.25) is 0 Å². The Bertz CT molecular complexity index is 310. The Morgan fingerprint density at radius 1 is 1.29 bits per heavy atom. The van der Waals surface area contributed by atoms with Gasteiger partial charge in [-0.15, -0.1) is 0 Å². The second kappa shape index (κ2) is 7.67. The molecule has 2 saturated heterocycles. The lowest BCUT2D eigenvalue weighted by Gasteiger charge is -2.44. The van der Waals surface area contributed by atoms with Crippen LogP contribution in [-0.4, -0.2) is 60.8 Å². The summed E-state index contributed by atoms with van der Waals surface area (Å²) in [5.74, 6) is 1.30. The molecule has 0 spiro atoms. The minimum absolute atomic E-state index is 0.203. The molecule has 0 aliphatic carbocycles. The molecular weight excluding hydrogens is 280 g/mol. The maximum absolute atomic E-state index is 5.64. The first kappa shape index (κ1) is 17.6. The molecule has 4 heteroatoms. The van der Waals surface area contributed by atoms with Crippen LogP contribution >= 0.6 is 11.8 Å². The van der Waals surface area contributed by atoms with Crippen LogP contribution in [0, 0.1) is 5.41 Å². The van der Waals surface area contributed by atoms with Gasteiger partial charge in [0.05, 0.1) is 0 Å². The van der Waals surface area contributed by atoms with Gasteiger partial charge in [0.2, 0.25) is 0 Å². The highest BCUT2D eigenvalue weighted by Gasteiger charge is 2.36. The van der Waals surface area contributed by atoms with Crippen molar-refractivity contribution in [2.24, 2.45) is 5.41 Å². The molecule has 0 aromatic heterocycles. The van der Waals surface area contributed by atoms with Gasteiger partial charge in [0, 0.05) is 55.9 Å². The molecular formula is C17H34N2OS. The highest BCUT2D eigenvalue weighted by atomic mass is 32.2. The smallest absolute Gasteiger partial charge is 0.0472 e. The van der Waals surface area contributed by atoms with Gasteiger partial charge in [0.25, 0.3) is 0 Å². The van der Waals surface area contributed by atoms with Crippen LogP contribution in [0.1, 0.15) is 47.0 Å². The second-order valence-electron chi connectivity index (χ2n) is 7.85. The number of rotatable bonds is 5. The molecule has 0 aromatic rings. The summed E-state index contributed by atoms with van der Waals surface area (Å²) in [7, 11) is 0. The zero-order valence-electron chi connectivity index (χ0n) is 14.4. The molecule has 2 aliphatic rings. The molecule has 21 heavy (non-hydrogen) atoms. The fourth-order valence-corrected chi connectivity index (χ4v) is 4.54. The third-order valence-electron chi connectivity index (χ3n) is 4.78. The van der Waals surface area contributed by atoms with Gasteiger partial charge in [0.15, 0.2) is 0 Å². The molecule has 2 fully saturated rings. The van der Waals surface area contributed by atoms with Crippen LogP contribution in [0.15, 0.2) is 0 Å². The van der Waals surface area contributed by atoms with Crippen molar-refractivity contribution < 1.29 is 4.74 Å². The molecule has 1 N–H and O–H groups in total. The van der Waals surface area contributed by atoms with Crippen molar-refractivity contribution in [3.63, 3.8) is 0 Å². The maximum atomic E-state index is 5.64. The molecule has 2 rings (SSSR count). The molecule has 0 saturated carbocycles. The minimum Gasteiger partial charge on any atom is -0.381 e. The fourth-order valence-electron chi connectivity index (χ4n) is 3.29. The number of nitrogens with zero attached hydrogens (tertiary/aromatic N) is 1. The predicted octanol–water partition coefficient (Wildman–Crippen LogP) is 3.00. The molecule has 0 bridgehead atoms. The molecule has 0 aromatic carbocycles. The molecule has 3 nitrogen and oxygen atoms in total. The van der Waals surface area contributed by atoms with Gasteiger partial charge in [-0.2, -0.15) is 11.8 Å².